The van der Waals surface area contributed by atoms with Gasteiger partial charge in [-0.3, -0.25) is 32.7 Å². The molecule has 0 aliphatic rings. The molecule has 0 fully saturated rings. The van der Waals surface area contributed by atoms with E-state index in [1.54, 1.807) is 98.2 Å². The van der Waals surface area contributed by atoms with Crippen LogP contribution in [0.1, 0.15) is 46.0 Å². The number of aromatic nitrogens is 6. The van der Waals surface area contributed by atoms with E-state index < -0.39 is 26.0 Å². The molecule has 0 bridgehead atoms. The van der Waals surface area contributed by atoms with Crippen molar-refractivity contribution in [3.63, 3.8) is 0 Å². The number of Topliss-reactive ketones (excluding diaryl/α,β-unsaturated/α-hetero) is 1. The highest BCUT2D eigenvalue weighted by Gasteiger charge is 2.26. The minimum atomic E-state index is -3.57. The van der Waals surface area contributed by atoms with E-state index in [1.165, 1.54) is 28.1 Å². The van der Waals surface area contributed by atoms with Gasteiger partial charge < -0.3 is 10.5 Å². The average Bonchev–Trinajstić information content (AvgIpc) is 3.77. The van der Waals surface area contributed by atoms with Gasteiger partial charge in [0.2, 0.25) is 20.0 Å². The Morgan fingerprint density at radius 1 is 0.685 bits per heavy atom. The summed E-state index contributed by atoms with van der Waals surface area (Å²) in [4.78, 5) is 31.7. The number of rotatable bonds is 13. The average molecular weight is 776 g/mol. The van der Waals surface area contributed by atoms with Crippen molar-refractivity contribution in [1.82, 2.24) is 29.5 Å². The number of nitrogens with two attached hydrogens (primary N) is 1. The Morgan fingerprint density at radius 3 is 1.50 bits per heavy atom. The minimum Gasteiger partial charge on any atom is -0.465 e. The van der Waals surface area contributed by atoms with Crippen LogP contribution in [-0.2, 0) is 52.0 Å². The van der Waals surface area contributed by atoms with Gasteiger partial charge in [-0.25, -0.2) is 21.6 Å². The van der Waals surface area contributed by atoms with Crippen LogP contribution in [0, 0.1) is 0 Å². The van der Waals surface area contributed by atoms with Gasteiger partial charge in [-0.15, -0.1) is 0 Å². The Bertz CT molecular complexity index is 2320. The molecule has 54 heavy (non-hydrogen) atoms. The summed E-state index contributed by atoms with van der Waals surface area (Å²) < 4.78 is 61.8. The normalized spacial score (nSPS) is 11.6. The smallest absolute Gasteiger partial charge is 0.339 e. The number of hydrogen-bond acceptors (Lipinski definition) is 12. The second-order valence-corrected chi connectivity index (χ2v) is 16.3. The molecule has 0 saturated heterocycles. The molecule has 0 atom stereocenters. The highest BCUT2D eigenvalue weighted by atomic mass is 32.2. The first-order chi connectivity index (χ1) is 25.7. The zero-order chi connectivity index (χ0) is 39.2. The van der Waals surface area contributed by atoms with Crippen molar-refractivity contribution in [3.8, 4) is 0 Å². The van der Waals surface area contributed by atoms with E-state index in [2.05, 4.69) is 24.9 Å². The third kappa shape index (κ3) is 8.40. The van der Waals surface area contributed by atoms with Gasteiger partial charge in [-0.2, -0.15) is 10.2 Å². The molecule has 0 radical (unpaired) electrons. The topological polar surface area (TPSA) is 206 Å². The summed E-state index contributed by atoms with van der Waals surface area (Å²) in [5, 5.41) is 10.1. The molecule has 6 aromatic rings. The van der Waals surface area contributed by atoms with Gasteiger partial charge in [0.1, 0.15) is 0 Å². The first-order valence-corrected chi connectivity index (χ1v) is 20.0. The monoisotopic (exact) mass is 775 g/mol. The molecule has 16 nitrogen and oxygen atoms in total. The number of sulfonamides is 2. The largest absolute Gasteiger partial charge is 0.465 e. The van der Waals surface area contributed by atoms with Gasteiger partial charge in [-0.1, -0.05) is 24.3 Å². The Hall–Kier alpha value is -5.72. The van der Waals surface area contributed by atoms with Gasteiger partial charge in [0.25, 0.3) is 0 Å². The second-order valence-electron chi connectivity index (χ2n) is 12.0. The minimum absolute atomic E-state index is 0.0436. The molecule has 4 aromatic heterocycles. The molecule has 18 heteroatoms. The zero-order valence-corrected chi connectivity index (χ0v) is 32.1. The summed E-state index contributed by atoms with van der Waals surface area (Å²) >= 11 is 0. The highest BCUT2D eigenvalue weighted by molar-refractivity contribution is 7.93. The number of methoxy groups -OCH3 is 1. The lowest BCUT2D eigenvalue weighted by Crippen LogP contribution is -2.32. The molecular formula is C36H41N9O7S2. The number of carbonyl (C=O) groups is 2. The number of nitrogens with zero attached hydrogens (tertiary/aromatic N) is 8. The summed E-state index contributed by atoms with van der Waals surface area (Å²) in [6, 6.07) is 17.3. The highest BCUT2D eigenvalue weighted by Crippen LogP contribution is 2.31. The molecule has 2 aromatic carbocycles. The maximum atomic E-state index is 12.8. The molecule has 0 spiro atoms. The quantitative estimate of drug-likeness (QED) is 0.132. The fraction of sp³-hybridized carbons (Fsp3) is 0.278. The van der Waals surface area contributed by atoms with Crippen molar-refractivity contribution in [2.24, 2.45) is 19.8 Å². The summed E-state index contributed by atoms with van der Waals surface area (Å²) in [7, 11) is -2.30. The van der Waals surface area contributed by atoms with E-state index in [0.717, 1.165) is 21.8 Å². The standard InChI is InChI=1S/C18H21N5O3S.C18H20N4O4S/c1-3-27(25,26)23(12-15-8-7-13(10-20-15)17(24)9-19)16-6-4-5-14-11-21-22(2)18(14)16;1-4-27(24,25)22(12-15-9-8-14(10-19-15)18(23)26-3)16-7-5-6-13-11-20-21(2)17(13)16/h4-8,10-11H,3,9,12,19H2,1-2H3;5-11H,4,12H2,1-3H3. The Kier molecular flexibility index (Phi) is 12.1. The van der Waals surface area contributed by atoms with Crippen molar-refractivity contribution in [2.75, 3.05) is 33.8 Å². The Labute approximate surface area is 313 Å². The van der Waals surface area contributed by atoms with Crippen LogP contribution in [-0.4, -0.2) is 83.3 Å². The van der Waals surface area contributed by atoms with Gasteiger partial charge in [0.05, 0.1) is 90.0 Å². The first-order valence-electron chi connectivity index (χ1n) is 16.8. The molecule has 284 valence electrons. The predicted molar refractivity (Wildman–Crippen MR) is 206 cm³/mol. The van der Waals surface area contributed by atoms with E-state index >= 15 is 0 Å². The summed E-state index contributed by atoms with van der Waals surface area (Å²) in [5.41, 5.74) is 9.63. The van der Waals surface area contributed by atoms with Crippen molar-refractivity contribution in [1.29, 1.82) is 0 Å². The van der Waals surface area contributed by atoms with Crippen LogP contribution >= 0.6 is 0 Å². The summed E-state index contributed by atoms with van der Waals surface area (Å²) in [6.45, 7) is 3.20. The molecule has 0 saturated carbocycles. The number of fused-ring (bicyclic) bond motifs is 2. The lowest BCUT2D eigenvalue weighted by atomic mass is 10.2. The molecule has 6 rings (SSSR count). The van der Waals surface area contributed by atoms with E-state index in [-0.39, 0.29) is 36.9 Å². The SMILES string of the molecule is CCS(=O)(=O)N(Cc1ccc(C(=O)CN)cn1)c1cccc2cnn(C)c12.CCS(=O)(=O)N(Cc1ccc(C(=O)OC)cn1)c1cccc2cnn(C)c12. The van der Waals surface area contributed by atoms with Gasteiger partial charge >= 0.3 is 5.97 Å². The Morgan fingerprint density at radius 2 is 1.13 bits per heavy atom. The van der Waals surface area contributed by atoms with Gasteiger partial charge in [-0.05, 0) is 50.2 Å². The number of ketones is 1. The van der Waals surface area contributed by atoms with E-state index in [1.807, 2.05) is 12.1 Å². The number of esters is 1. The molecular weight excluding hydrogens is 735 g/mol. The summed E-state index contributed by atoms with van der Waals surface area (Å²) in [5.74, 6) is -0.814. The number of benzene rings is 2. The van der Waals surface area contributed by atoms with Crippen LogP contribution in [0.3, 0.4) is 0 Å². The lowest BCUT2D eigenvalue weighted by molar-refractivity contribution is 0.0600. The zero-order valence-electron chi connectivity index (χ0n) is 30.4. The number of hydrogen-bond donors (Lipinski definition) is 1. The van der Waals surface area contributed by atoms with Crippen molar-refractivity contribution in [2.45, 2.75) is 26.9 Å². The Balaban J connectivity index is 0.000000208. The number of para-hydroxylation sites is 2. The number of anilines is 2. The maximum Gasteiger partial charge on any atom is 0.339 e. The molecule has 0 amide bonds. The van der Waals surface area contributed by atoms with Crippen LogP contribution in [0.2, 0.25) is 0 Å². The third-order valence-electron chi connectivity index (χ3n) is 8.61. The van der Waals surface area contributed by atoms with Gasteiger partial charge in [0.15, 0.2) is 5.78 Å². The van der Waals surface area contributed by atoms with Crippen LogP contribution in [0.15, 0.2) is 85.5 Å². The fourth-order valence-corrected chi connectivity index (χ4v) is 7.83. The predicted octanol–water partition coefficient (Wildman–Crippen LogP) is 3.58. The van der Waals surface area contributed by atoms with E-state index in [9.17, 15) is 26.4 Å². The fourth-order valence-electron chi connectivity index (χ4n) is 5.66. The summed E-state index contributed by atoms with van der Waals surface area (Å²) in [6.07, 6.45) is 6.19. The molecule has 0 aliphatic heterocycles. The van der Waals surface area contributed by atoms with Crippen LogP contribution in [0.4, 0.5) is 11.4 Å². The number of aryl methyl sites for hydroxylation is 2. The van der Waals surface area contributed by atoms with Crippen molar-refractivity contribution in [3.05, 3.63) is 108 Å². The lowest BCUT2D eigenvalue weighted by Gasteiger charge is -2.24. The van der Waals surface area contributed by atoms with Crippen LogP contribution in [0.5, 0.6) is 0 Å². The van der Waals surface area contributed by atoms with Crippen molar-refractivity contribution < 1.29 is 31.2 Å². The van der Waals surface area contributed by atoms with E-state index in [4.69, 9.17) is 5.73 Å². The van der Waals surface area contributed by atoms with Crippen LogP contribution in [0.25, 0.3) is 21.8 Å². The van der Waals surface area contributed by atoms with Gasteiger partial charge in [0, 0.05) is 42.8 Å². The number of ether oxygens (including phenoxy) is 1. The number of pyridine rings is 2. The molecule has 0 unspecified atom stereocenters. The molecule has 2 N–H and O–H groups in total. The molecule has 0 aliphatic carbocycles. The van der Waals surface area contributed by atoms with E-state index in [0.29, 0.717) is 33.9 Å². The molecule has 4 heterocycles. The van der Waals surface area contributed by atoms with Crippen LogP contribution < -0.4 is 14.3 Å². The number of carbonyl (C=O) groups excluding carboxylic acids is 2. The maximum absolute atomic E-state index is 12.8. The third-order valence-corrected chi connectivity index (χ3v) is 12.1. The first kappa shape index (κ1) is 39.5. The second kappa shape index (κ2) is 16.5. The van der Waals surface area contributed by atoms with Crippen molar-refractivity contribution >= 4 is 65.0 Å².